The fourth-order valence-corrected chi connectivity index (χ4v) is 7.68. The molecule has 0 aromatic heterocycles. The average Bonchev–Trinajstić information content (AvgIpc) is 3.28. The maximum Gasteiger partial charge on any atom is 0.416 e. The van der Waals surface area contributed by atoms with Crippen LogP contribution in [-0.2, 0) is 32.1 Å². The molecule has 7 heteroatoms. The molecule has 1 aliphatic rings. The highest BCUT2D eigenvalue weighted by Gasteiger charge is 2.42. The van der Waals surface area contributed by atoms with E-state index < -0.39 is 14.2 Å². The van der Waals surface area contributed by atoms with Crippen LogP contribution < -0.4 is 5.19 Å². The Labute approximate surface area is 219 Å². The van der Waals surface area contributed by atoms with Crippen molar-refractivity contribution in [2.24, 2.45) is 0 Å². The third-order valence-electron chi connectivity index (χ3n) is 7.16. The molecule has 0 aliphatic carbocycles. The van der Waals surface area contributed by atoms with Gasteiger partial charge in [0.05, 0.1) is 14.1 Å². The zero-order valence-electron chi connectivity index (χ0n) is 21.3. The van der Waals surface area contributed by atoms with Gasteiger partial charge in [-0.1, -0.05) is 109 Å². The number of hydrogen-bond acceptors (Lipinski definition) is 5. The van der Waals surface area contributed by atoms with Crippen molar-refractivity contribution in [1.29, 1.82) is 0 Å². The number of hydrogen-bond donors (Lipinski definition) is 0. The average molecular weight is 516 g/mol. The summed E-state index contributed by atoms with van der Waals surface area (Å²) in [5.74, 6) is -0.649. The molecule has 2 atom stereocenters. The van der Waals surface area contributed by atoms with Gasteiger partial charge in [-0.15, -0.1) is 0 Å². The highest BCUT2D eigenvalue weighted by Crippen LogP contribution is 2.32. The lowest BCUT2D eigenvalue weighted by atomic mass is 10.1. The van der Waals surface area contributed by atoms with Gasteiger partial charge in [-0.25, -0.2) is 9.69 Å². The summed E-state index contributed by atoms with van der Waals surface area (Å²) in [6, 6.07) is 28.9. The predicted octanol–water partition coefficient (Wildman–Crippen LogP) is 5.09. The van der Waals surface area contributed by atoms with Crippen LogP contribution in [0.15, 0.2) is 91.0 Å². The van der Waals surface area contributed by atoms with Gasteiger partial charge in [0.25, 0.3) is 0 Å². The molecular weight excluding hydrogens is 482 g/mol. The fourth-order valence-electron chi connectivity index (χ4n) is 4.80. The second-order valence-corrected chi connectivity index (χ2v) is 14.9. The molecule has 3 aromatic rings. The first kappa shape index (κ1) is 26.4. The van der Waals surface area contributed by atoms with E-state index in [0.717, 1.165) is 16.3 Å². The van der Waals surface area contributed by atoms with E-state index in [9.17, 15) is 14.4 Å². The molecule has 1 fully saturated rings. The minimum absolute atomic E-state index is 0.0783. The number of ether oxygens (including phenoxy) is 2. The number of esters is 1. The molecule has 6 nitrogen and oxygen atoms in total. The molecule has 1 saturated heterocycles. The fraction of sp³-hybridized carbons (Fsp3) is 0.300. The molecule has 37 heavy (non-hydrogen) atoms. The van der Waals surface area contributed by atoms with Gasteiger partial charge in [-0.05, 0) is 23.1 Å². The second-order valence-electron chi connectivity index (χ2n) is 10.0. The standard InChI is InChI=1S/C30H33NO5Si/c1-37(2,26-16-10-5-11-17-26)27(20-29(33)35-21-24-14-8-4-9-15-24)19-28(32)31-25(22-36-30(31)34)18-23-12-6-3-7-13-23/h3-17,25,27H,18-22H2,1-2H3/t25-,27-/m0/s1. The highest BCUT2D eigenvalue weighted by atomic mass is 28.3. The molecule has 4 rings (SSSR count). The summed E-state index contributed by atoms with van der Waals surface area (Å²) in [5.41, 5.74) is 1.69. The zero-order valence-corrected chi connectivity index (χ0v) is 22.3. The summed E-state index contributed by atoms with van der Waals surface area (Å²) < 4.78 is 10.9. The Morgan fingerprint density at radius 1 is 0.892 bits per heavy atom. The first-order valence-electron chi connectivity index (χ1n) is 12.6. The van der Waals surface area contributed by atoms with E-state index in [1.165, 1.54) is 4.90 Å². The maximum atomic E-state index is 13.6. The van der Waals surface area contributed by atoms with E-state index in [-0.39, 0.29) is 49.5 Å². The quantitative estimate of drug-likeness (QED) is 0.278. The van der Waals surface area contributed by atoms with Crippen molar-refractivity contribution in [3.8, 4) is 0 Å². The summed E-state index contributed by atoms with van der Waals surface area (Å²) in [5, 5.41) is 1.15. The van der Waals surface area contributed by atoms with Crippen LogP contribution in [0.4, 0.5) is 4.79 Å². The smallest absolute Gasteiger partial charge is 0.416 e. The summed E-state index contributed by atoms with van der Waals surface area (Å²) in [6.45, 7) is 4.68. The van der Waals surface area contributed by atoms with Gasteiger partial charge in [-0.3, -0.25) is 9.59 Å². The van der Waals surface area contributed by atoms with Crippen LogP contribution in [0.25, 0.3) is 0 Å². The van der Waals surface area contributed by atoms with Crippen LogP contribution in [0, 0.1) is 0 Å². The maximum absolute atomic E-state index is 13.6. The van der Waals surface area contributed by atoms with Crippen LogP contribution in [0.2, 0.25) is 18.6 Å². The van der Waals surface area contributed by atoms with Crippen LogP contribution in [0.5, 0.6) is 0 Å². The van der Waals surface area contributed by atoms with Gasteiger partial charge < -0.3 is 9.47 Å². The lowest BCUT2D eigenvalue weighted by Crippen LogP contribution is -2.49. The molecule has 3 aromatic carbocycles. The molecule has 0 spiro atoms. The Morgan fingerprint density at radius 3 is 2.08 bits per heavy atom. The highest BCUT2D eigenvalue weighted by molar-refractivity contribution is 6.91. The van der Waals surface area contributed by atoms with Crippen molar-refractivity contribution in [1.82, 2.24) is 4.90 Å². The number of carbonyl (C=O) groups is 3. The minimum Gasteiger partial charge on any atom is -0.461 e. The first-order valence-corrected chi connectivity index (χ1v) is 15.7. The summed E-state index contributed by atoms with van der Waals surface area (Å²) in [4.78, 5) is 40.4. The molecule has 192 valence electrons. The molecule has 0 N–H and O–H groups in total. The number of nitrogens with zero attached hydrogens (tertiary/aromatic N) is 1. The third-order valence-corrected chi connectivity index (χ3v) is 11.4. The molecule has 2 amide bonds. The van der Waals surface area contributed by atoms with Crippen LogP contribution in [0.1, 0.15) is 24.0 Å². The van der Waals surface area contributed by atoms with Crippen molar-refractivity contribution in [2.75, 3.05) is 6.61 Å². The third kappa shape index (κ3) is 6.74. The van der Waals surface area contributed by atoms with Crippen molar-refractivity contribution >= 4 is 31.2 Å². The summed E-state index contributed by atoms with van der Waals surface area (Å²) in [6.07, 6.45) is 0.102. The monoisotopic (exact) mass is 515 g/mol. The molecular formula is C30H33NO5Si. The summed E-state index contributed by atoms with van der Waals surface area (Å²) in [7, 11) is -2.31. The van der Waals surface area contributed by atoms with Crippen molar-refractivity contribution < 1.29 is 23.9 Å². The molecule has 0 bridgehead atoms. The van der Waals surface area contributed by atoms with Gasteiger partial charge in [-0.2, -0.15) is 0 Å². The van der Waals surface area contributed by atoms with Gasteiger partial charge in [0.2, 0.25) is 5.91 Å². The normalized spacial score (nSPS) is 16.2. The van der Waals surface area contributed by atoms with Crippen molar-refractivity contribution in [3.63, 3.8) is 0 Å². The van der Waals surface area contributed by atoms with Gasteiger partial charge in [0, 0.05) is 12.8 Å². The van der Waals surface area contributed by atoms with Gasteiger partial charge >= 0.3 is 12.1 Å². The number of benzene rings is 3. The minimum atomic E-state index is -2.31. The van der Waals surface area contributed by atoms with Gasteiger partial charge in [0.1, 0.15) is 13.2 Å². The Morgan fingerprint density at radius 2 is 1.46 bits per heavy atom. The SMILES string of the molecule is C[Si](C)(c1ccccc1)[C@H](CC(=O)OCc1ccccc1)CC(=O)N1C(=O)OC[C@@H]1Cc1ccccc1. The van der Waals surface area contributed by atoms with Crippen molar-refractivity contribution in [3.05, 3.63) is 102 Å². The van der Waals surface area contributed by atoms with Gasteiger partial charge in [0.15, 0.2) is 0 Å². The predicted molar refractivity (Wildman–Crippen MR) is 145 cm³/mol. The molecule has 1 aliphatic heterocycles. The molecule has 1 heterocycles. The lowest BCUT2D eigenvalue weighted by Gasteiger charge is -2.33. The van der Waals surface area contributed by atoms with E-state index in [1.807, 2.05) is 78.9 Å². The number of imide groups is 1. The van der Waals surface area contributed by atoms with E-state index in [0.29, 0.717) is 6.42 Å². The second kappa shape index (κ2) is 12.0. The van der Waals surface area contributed by atoms with E-state index >= 15 is 0 Å². The van der Waals surface area contributed by atoms with Crippen molar-refractivity contribution in [2.45, 2.75) is 50.5 Å². The molecule has 0 saturated carbocycles. The largest absolute Gasteiger partial charge is 0.461 e. The van der Waals surface area contributed by atoms with E-state index in [1.54, 1.807) is 0 Å². The summed E-state index contributed by atoms with van der Waals surface area (Å²) >= 11 is 0. The Balaban J connectivity index is 1.51. The number of rotatable bonds is 10. The number of cyclic esters (lactones) is 1. The number of carbonyl (C=O) groups excluding carboxylic acids is 3. The Bertz CT molecular complexity index is 1200. The Kier molecular flexibility index (Phi) is 8.56. The molecule has 0 unspecified atom stereocenters. The van der Waals surface area contributed by atoms with E-state index in [4.69, 9.17) is 9.47 Å². The molecule has 0 radical (unpaired) electrons. The topological polar surface area (TPSA) is 72.9 Å². The van der Waals surface area contributed by atoms with Crippen LogP contribution in [-0.4, -0.2) is 43.6 Å². The van der Waals surface area contributed by atoms with Crippen LogP contribution >= 0.6 is 0 Å². The van der Waals surface area contributed by atoms with E-state index in [2.05, 4.69) is 25.2 Å². The first-order chi connectivity index (χ1) is 17.8. The number of amides is 2. The zero-order chi connectivity index (χ0) is 26.3. The van der Waals surface area contributed by atoms with Crippen LogP contribution in [0.3, 0.4) is 0 Å². The Hall–Kier alpha value is -3.71. The lowest BCUT2D eigenvalue weighted by molar-refractivity contribution is -0.145.